The number of hydrogen-bond donors (Lipinski definition) is 2. The van der Waals surface area contributed by atoms with Crippen LogP contribution in [0.5, 0.6) is 0 Å². The highest BCUT2D eigenvalue weighted by molar-refractivity contribution is 7.80. The van der Waals surface area contributed by atoms with E-state index < -0.39 is 11.8 Å². The lowest BCUT2D eigenvalue weighted by Crippen LogP contribution is -2.51. The number of carbonyl (C=O) groups is 3. The second kappa shape index (κ2) is 6.62. The Morgan fingerprint density at radius 1 is 1.16 bits per heavy atom. The van der Waals surface area contributed by atoms with Crippen molar-refractivity contribution in [1.82, 2.24) is 10.6 Å². The standard InChI is InChI=1S/C17H11ClN2O4S/c1-8(21)11-4-2-9(6-13(11)18)14-5-3-10(24-14)7-12-15(22)19-17(25)20-16(12)23/h2-7H,1H3,(H2,19,20,22,23,25). The van der Waals surface area contributed by atoms with Crippen LogP contribution >= 0.6 is 23.8 Å². The molecule has 126 valence electrons. The number of rotatable bonds is 3. The number of hydrogen-bond acceptors (Lipinski definition) is 5. The summed E-state index contributed by atoms with van der Waals surface area (Å²) in [5.41, 5.74) is 0.976. The number of Topliss-reactive ketones (excluding diaryl/α,β-unsaturated/α-hetero) is 1. The molecule has 1 aliphatic heterocycles. The number of carbonyl (C=O) groups excluding carboxylic acids is 3. The number of amides is 2. The molecule has 2 N–H and O–H groups in total. The van der Waals surface area contributed by atoms with Gasteiger partial charge in [-0.1, -0.05) is 17.7 Å². The van der Waals surface area contributed by atoms with Crippen LogP contribution in [0.25, 0.3) is 17.4 Å². The van der Waals surface area contributed by atoms with Crippen molar-refractivity contribution in [1.29, 1.82) is 0 Å². The van der Waals surface area contributed by atoms with Gasteiger partial charge in [-0.2, -0.15) is 0 Å². The zero-order valence-electron chi connectivity index (χ0n) is 12.9. The molecule has 8 heteroatoms. The molecule has 2 heterocycles. The predicted octanol–water partition coefficient (Wildman–Crippen LogP) is 2.72. The van der Waals surface area contributed by atoms with Gasteiger partial charge in [0, 0.05) is 11.1 Å². The third-order valence-electron chi connectivity index (χ3n) is 3.49. The van der Waals surface area contributed by atoms with Gasteiger partial charge < -0.3 is 4.42 Å². The van der Waals surface area contributed by atoms with Crippen molar-refractivity contribution in [2.24, 2.45) is 0 Å². The molecule has 0 saturated carbocycles. The van der Waals surface area contributed by atoms with Gasteiger partial charge in [-0.15, -0.1) is 0 Å². The van der Waals surface area contributed by atoms with E-state index >= 15 is 0 Å². The van der Waals surface area contributed by atoms with Gasteiger partial charge in [0.2, 0.25) is 0 Å². The first kappa shape index (κ1) is 17.1. The molecule has 1 aromatic carbocycles. The molecule has 3 rings (SSSR count). The fraction of sp³-hybridized carbons (Fsp3) is 0.0588. The molecule has 0 aliphatic carbocycles. The summed E-state index contributed by atoms with van der Waals surface area (Å²) in [6.45, 7) is 1.43. The summed E-state index contributed by atoms with van der Waals surface area (Å²) in [5, 5.41) is 4.97. The zero-order chi connectivity index (χ0) is 18.1. The quantitative estimate of drug-likeness (QED) is 0.373. The first-order valence-electron chi connectivity index (χ1n) is 7.14. The van der Waals surface area contributed by atoms with E-state index in [1.54, 1.807) is 30.3 Å². The van der Waals surface area contributed by atoms with Crippen molar-refractivity contribution < 1.29 is 18.8 Å². The molecular weight excluding hydrogens is 364 g/mol. The maximum absolute atomic E-state index is 11.8. The highest BCUT2D eigenvalue weighted by Gasteiger charge is 2.26. The molecule has 0 atom stereocenters. The fourth-order valence-electron chi connectivity index (χ4n) is 2.29. The summed E-state index contributed by atoms with van der Waals surface area (Å²) in [5.74, 6) is -0.527. The molecule has 0 bridgehead atoms. The van der Waals surface area contributed by atoms with Crippen LogP contribution in [0.2, 0.25) is 5.02 Å². The average Bonchev–Trinajstić information content (AvgIpc) is 2.99. The molecule has 1 aromatic heterocycles. The van der Waals surface area contributed by atoms with Crippen LogP contribution in [-0.4, -0.2) is 22.7 Å². The number of halogens is 1. The van der Waals surface area contributed by atoms with Crippen molar-refractivity contribution in [3.8, 4) is 11.3 Å². The minimum atomic E-state index is -0.597. The number of ketones is 1. The maximum atomic E-state index is 11.8. The highest BCUT2D eigenvalue weighted by atomic mass is 35.5. The van der Waals surface area contributed by atoms with Crippen LogP contribution in [0, 0.1) is 0 Å². The molecule has 1 saturated heterocycles. The summed E-state index contributed by atoms with van der Waals surface area (Å²) in [6, 6.07) is 8.23. The number of benzene rings is 1. The maximum Gasteiger partial charge on any atom is 0.263 e. The summed E-state index contributed by atoms with van der Waals surface area (Å²) >= 11 is 10.8. The van der Waals surface area contributed by atoms with E-state index in [9.17, 15) is 14.4 Å². The minimum Gasteiger partial charge on any atom is -0.457 e. The lowest BCUT2D eigenvalue weighted by atomic mass is 10.1. The third-order valence-corrected chi connectivity index (χ3v) is 4.01. The van der Waals surface area contributed by atoms with E-state index in [1.807, 2.05) is 0 Å². The monoisotopic (exact) mass is 374 g/mol. The zero-order valence-corrected chi connectivity index (χ0v) is 14.5. The van der Waals surface area contributed by atoms with Crippen LogP contribution in [0.15, 0.2) is 40.3 Å². The predicted molar refractivity (Wildman–Crippen MR) is 96.0 cm³/mol. The highest BCUT2D eigenvalue weighted by Crippen LogP contribution is 2.28. The summed E-state index contributed by atoms with van der Waals surface area (Å²) in [7, 11) is 0. The Morgan fingerprint density at radius 3 is 2.44 bits per heavy atom. The van der Waals surface area contributed by atoms with E-state index in [0.717, 1.165) is 0 Å². The number of nitrogens with one attached hydrogen (secondary N) is 2. The van der Waals surface area contributed by atoms with Gasteiger partial charge in [-0.25, -0.2) is 0 Å². The van der Waals surface area contributed by atoms with Gasteiger partial charge in [0.25, 0.3) is 11.8 Å². The van der Waals surface area contributed by atoms with E-state index in [-0.39, 0.29) is 16.5 Å². The average molecular weight is 375 g/mol. The largest absolute Gasteiger partial charge is 0.457 e. The van der Waals surface area contributed by atoms with Crippen molar-refractivity contribution in [3.05, 3.63) is 52.3 Å². The summed E-state index contributed by atoms with van der Waals surface area (Å²) in [6.07, 6.45) is 1.32. The first-order valence-corrected chi connectivity index (χ1v) is 7.93. The normalized spacial score (nSPS) is 14.2. The Bertz CT molecular complexity index is 939. The Labute approximate surface area is 152 Å². The Balaban J connectivity index is 1.90. The molecule has 6 nitrogen and oxygen atoms in total. The van der Waals surface area contributed by atoms with Gasteiger partial charge in [-0.05, 0) is 49.5 Å². The van der Waals surface area contributed by atoms with Crippen LogP contribution < -0.4 is 10.6 Å². The molecule has 1 fully saturated rings. The van der Waals surface area contributed by atoms with Gasteiger partial charge >= 0.3 is 0 Å². The van der Waals surface area contributed by atoms with Crippen LogP contribution in [0.4, 0.5) is 0 Å². The van der Waals surface area contributed by atoms with Gasteiger partial charge in [0.1, 0.15) is 17.1 Å². The van der Waals surface area contributed by atoms with E-state index in [1.165, 1.54) is 13.0 Å². The molecule has 1 aliphatic rings. The molecule has 2 amide bonds. The molecule has 25 heavy (non-hydrogen) atoms. The number of thiocarbonyl (C=S) groups is 1. The van der Waals surface area contributed by atoms with E-state index in [0.29, 0.717) is 27.7 Å². The Morgan fingerprint density at radius 2 is 1.84 bits per heavy atom. The van der Waals surface area contributed by atoms with Gasteiger partial charge in [0.05, 0.1) is 5.02 Å². The number of furan rings is 1. The second-order valence-corrected chi connectivity index (χ2v) is 6.06. The fourth-order valence-corrected chi connectivity index (χ4v) is 2.79. The topological polar surface area (TPSA) is 88.4 Å². The van der Waals surface area contributed by atoms with E-state index in [2.05, 4.69) is 10.6 Å². The minimum absolute atomic E-state index is 0.0347. The lowest BCUT2D eigenvalue weighted by Gasteiger charge is -2.15. The van der Waals surface area contributed by atoms with Crippen molar-refractivity contribution in [3.63, 3.8) is 0 Å². The molecular formula is C17H11ClN2O4S. The van der Waals surface area contributed by atoms with Gasteiger partial charge in [0.15, 0.2) is 10.9 Å². The smallest absolute Gasteiger partial charge is 0.263 e. The van der Waals surface area contributed by atoms with Crippen LogP contribution in [-0.2, 0) is 9.59 Å². The van der Waals surface area contributed by atoms with Crippen molar-refractivity contribution >= 4 is 52.6 Å². The first-order chi connectivity index (χ1) is 11.8. The van der Waals surface area contributed by atoms with Gasteiger partial charge in [-0.3, -0.25) is 25.0 Å². The second-order valence-electron chi connectivity index (χ2n) is 5.25. The van der Waals surface area contributed by atoms with Crippen molar-refractivity contribution in [2.75, 3.05) is 0 Å². The Hall–Kier alpha value is -2.77. The van der Waals surface area contributed by atoms with Crippen molar-refractivity contribution in [2.45, 2.75) is 6.92 Å². The van der Waals surface area contributed by atoms with Crippen LogP contribution in [0.1, 0.15) is 23.0 Å². The lowest BCUT2D eigenvalue weighted by molar-refractivity contribution is -0.123. The van der Waals surface area contributed by atoms with E-state index in [4.69, 9.17) is 28.2 Å². The SMILES string of the molecule is CC(=O)c1ccc(-c2ccc(C=C3C(=O)NC(=S)NC3=O)o2)cc1Cl. The summed E-state index contributed by atoms with van der Waals surface area (Å²) in [4.78, 5) is 35.1. The molecule has 0 spiro atoms. The summed E-state index contributed by atoms with van der Waals surface area (Å²) < 4.78 is 5.64. The third kappa shape index (κ3) is 3.52. The Kier molecular flexibility index (Phi) is 4.52. The molecule has 0 unspecified atom stereocenters. The molecule has 0 radical (unpaired) electrons. The molecule has 2 aromatic rings. The van der Waals surface area contributed by atoms with Crippen LogP contribution in [0.3, 0.4) is 0 Å².